The fourth-order valence-electron chi connectivity index (χ4n) is 4.58. The van der Waals surface area contributed by atoms with Crippen molar-refractivity contribution in [1.29, 1.82) is 0 Å². The zero-order chi connectivity index (χ0) is 26.7. The van der Waals surface area contributed by atoms with E-state index in [4.69, 9.17) is 4.74 Å². The van der Waals surface area contributed by atoms with Gasteiger partial charge in [0.15, 0.2) is 0 Å². The quantitative estimate of drug-likeness (QED) is 0.383. The van der Waals surface area contributed by atoms with Gasteiger partial charge in [0.25, 0.3) is 15.9 Å². The lowest BCUT2D eigenvalue weighted by Gasteiger charge is -2.35. The minimum Gasteiger partial charge on any atom is -0.496 e. The first kappa shape index (κ1) is 25.6. The maximum atomic E-state index is 14.0. The number of pyridine rings is 1. The van der Waals surface area contributed by atoms with Crippen molar-refractivity contribution in [2.45, 2.75) is 11.4 Å². The summed E-state index contributed by atoms with van der Waals surface area (Å²) in [4.78, 5) is 21.4. The van der Waals surface area contributed by atoms with Gasteiger partial charge in [0.2, 0.25) is 0 Å². The van der Waals surface area contributed by atoms with Gasteiger partial charge < -0.3 is 9.64 Å². The van der Waals surface area contributed by atoms with Crippen LogP contribution in [0.3, 0.4) is 0 Å². The normalized spacial score (nSPS) is 14.4. The minimum atomic E-state index is -3.95. The van der Waals surface area contributed by atoms with E-state index in [-0.39, 0.29) is 28.1 Å². The Bertz CT molecular complexity index is 1580. The van der Waals surface area contributed by atoms with Crippen molar-refractivity contribution < 1.29 is 22.3 Å². The van der Waals surface area contributed by atoms with Crippen LogP contribution in [0.5, 0.6) is 5.75 Å². The largest absolute Gasteiger partial charge is 0.496 e. The van der Waals surface area contributed by atoms with Crippen LogP contribution >= 0.6 is 0 Å². The number of amides is 1. The monoisotopic (exact) mass is 534 g/mol. The predicted molar refractivity (Wildman–Crippen MR) is 143 cm³/mol. The Morgan fingerprint density at radius 3 is 2.53 bits per heavy atom. The van der Waals surface area contributed by atoms with Crippen LogP contribution < -0.4 is 9.46 Å². The zero-order valence-corrected chi connectivity index (χ0v) is 21.6. The minimum absolute atomic E-state index is 0.0583. The molecule has 4 aromatic rings. The molecule has 5 rings (SSSR count). The van der Waals surface area contributed by atoms with E-state index in [0.717, 1.165) is 0 Å². The highest BCUT2D eigenvalue weighted by Gasteiger charge is 2.26. The topological polar surface area (TPSA) is 91.8 Å². The lowest BCUT2D eigenvalue weighted by Crippen LogP contribution is -2.48. The molecule has 38 heavy (non-hydrogen) atoms. The molecule has 1 aliphatic rings. The van der Waals surface area contributed by atoms with Crippen molar-refractivity contribution in [1.82, 2.24) is 14.8 Å². The number of methoxy groups -OCH3 is 1. The van der Waals surface area contributed by atoms with Gasteiger partial charge in [-0.15, -0.1) is 0 Å². The van der Waals surface area contributed by atoms with E-state index in [9.17, 15) is 17.6 Å². The summed E-state index contributed by atoms with van der Waals surface area (Å²) in [5.41, 5.74) is 1.60. The van der Waals surface area contributed by atoms with Gasteiger partial charge in [-0.3, -0.25) is 19.4 Å². The molecule has 1 fully saturated rings. The summed E-state index contributed by atoms with van der Waals surface area (Å²) in [5.74, 6) is -0.178. The standard InChI is InChI=1S/C28H27FN4O4S/c1-37-25-18-22(31-38(35,36)26-10-4-7-20-8-5-13-30-27(20)26)11-12-23(25)28(34)33-16-14-32(15-17-33)19-21-6-2-3-9-24(21)29/h2-13,18,31H,14-17,19H2,1H3. The van der Waals surface area contributed by atoms with Crippen LogP contribution in [-0.2, 0) is 16.6 Å². The fraction of sp³-hybridized carbons (Fsp3) is 0.214. The lowest BCUT2D eigenvalue weighted by molar-refractivity contribution is 0.0624. The Labute approximate surface area is 220 Å². The number of anilines is 1. The number of carbonyl (C=O) groups excluding carboxylic acids is 1. The number of aromatic nitrogens is 1. The predicted octanol–water partition coefficient (Wildman–Crippen LogP) is 4.14. The second-order valence-corrected chi connectivity index (χ2v) is 10.7. The van der Waals surface area contributed by atoms with E-state index in [0.29, 0.717) is 54.8 Å². The molecule has 0 bridgehead atoms. The molecule has 0 unspecified atom stereocenters. The van der Waals surface area contributed by atoms with Crippen LogP contribution in [0.2, 0.25) is 0 Å². The summed E-state index contributed by atoms with van der Waals surface area (Å²) in [6.45, 7) is 2.68. The summed E-state index contributed by atoms with van der Waals surface area (Å²) >= 11 is 0. The van der Waals surface area contributed by atoms with E-state index in [2.05, 4.69) is 14.6 Å². The smallest absolute Gasteiger partial charge is 0.264 e. The summed E-state index contributed by atoms with van der Waals surface area (Å²) in [7, 11) is -2.51. The van der Waals surface area contributed by atoms with Gasteiger partial charge in [-0.05, 0) is 30.3 Å². The summed E-state index contributed by atoms with van der Waals surface area (Å²) < 4.78 is 48.4. The van der Waals surface area contributed by atoms with Gasteiger partial charge in [-0.1, -0.05) is 36.4 Å². The summed E-state index contributed by atoms with van der Waals surface area (Å²) in [6, 6.07) is 19.8. The van der Waals surface area contributed by atoms with Gasteiger partial charge >= 0.3 is 0 Å². The highest BCUT2D eigenvalue weighted by molar-refractivity contribution is 7.93. The molecule has 0 spiro atoms. The van der Waals surface area contributed by atoms with E-state index < -0.39 is 10.0 Å². The third-order valence-electron chi connectivity index (χ3n) is 6.58. The number of hydrogen-bond donors (Lipinski definition) is 1. The van der Waals surface area contributed by atoms with Crippen molar-refractivity contribution >= 4 is 32.5 Å². The molecule has 3 aromatic carbocycles. The summed E-state index contributed by atoms with van der Waals surface area (Å²) in [6.07, 6.45) is 1.55. The first-order valence-electron chi connectivity index (χ1n) is 12.2. The van der Waals surface area contributed by atoms with Crippen molar-refractivity contribution in [3.63, 3.8) is 0 Å². The Morgan fingerprint density at radius 1 is 1.00 bits per heavy atom. The molecule has 0 radical (unpaired) electrons. The molecule has 1 N–H and O–H groups in total. The van der Waals surface area contributed by atoms with Crippen molar-refractivity contribution in [3.05, 3.63) is 95.9 Å². The second kappa shape index (κ2) is 10.8. The molecule has 196 valence electrons. The van der Waals surface area contributed by atoms with Crippen LogP contribution in [0.25, 0.3) is 10.9 Å². The molecule has 8 nitrogen and oxygen atoms in total. The Balaban J connectivity index is 1.29. The number of para-hydroxylation sites is 1. The fourth-order valence-corrected chi connectivity index (χ4v) is 5.81. The van der Waals surface area contributed by atoms with Crippen LogP contribution in [-0.4, -0.2) is 62.4 Å². The number of fused-ring (bicyclic) bond motifs is 1. The number of carbonyl (C=O) groups is 1. The zero-order valence-electron chi connectivity index (χ0n) is 20.8. The third kappa shape index (κ3) is 5.32. The molecule has 1 aliphatic heterocycles. The van der Waals surface area contributed by atoms with Crippen molar-refractivity contribution in [2.24, 2.45) is 0 Å². The SMILES string of the molecule is COc1cc(NS(=O)(=O)c2cccc3cccnc23)ccc1C(=O)N1CCN(Cc2ccccc2F)CC1. The number of halogens is 1. The molecule has 0 atom stereocenters. The van der Waals surface area contributed by atoms with E-state index in [1.54, 1.807) is 59.6 Å². The summed E-state index contributed by atoms with van der Waals surface area (Å²) in [5, 5.41) is 0.711. The Morgan fingerprint density at radius 2 is 1.76 bits per heavy atom. The number of nitrogens with zero attached hydrogens (tertiary/aromatic N) is 3. The number of ether oxygens (including phenoxy) is 1. The third-order valence-corrected chi connectivity index (χ3v) is 7.99. The van der Waals surface area contributed by atoms with Crippen LogP contribution in [0.15, 0.2) is 83.9 Å². The van der Waals surface area contributed by atoms with Crippen molar-refractivity contribution in [2.75, 3.05) is 38.0 Å². The van der Waals surface area contributed by atoms with Gasteiger partial charge in [0.05, 0.1) is 23.9 Å². The number of sulfonamides is 1. The van der Waals surface area contributed by atoms with Gasteiger partial charge in [-0.25, -0.2) is 12.8 Å². The van der Waals surface area contributed by atoms with E-state index >= 15 is 0 Å². The highest BCUT2D eigenvalue weighted by Crippen LogP contribution is 2.28. The van der Waals surface area contributed by atoms with Crippen LogP contribution in [0, 0.1) is 5.82 Å². The number of hydrogen-bond acceptors (Lipinski definition) is 6. The van der Waals surface area contributed by atoms with Crippen LogP contribution in [0.4, 0.5) is 10.1 Å². The second-order valence-electron chi connectivity index (χ2n) is 9.01. The average Bonchev–Trinajstić information content (AvgIpc) is 2.93. The maximum Gasteiger partial charge on any atom is 0.264 e. The van der Waals surface area contributed by atoms with Gasteiger partial charge in [-0.2, -0.15) is 0 Å². The number of nitrogens with one attached hydrogen (secondary N) is 1. The molecule has 0 saturated carbocycles. The average molecular weight is 535 g/mol. The number of piperazine rings is 1. The number of rotatable bonds is 7. The van der Waals surface area contributed by atoms with Crippen molar-refractivity contribution in [3.8, 4) is 5.75 Å². The molecular weight excluding hydrogens is 507 g/mol. The highest BCUT2D eigenvalue weighted by atomic mass is 32.2. The lowest BCUT2D eigenvalue weighted by atomic mass is 10.1. The first-order chi connectivity index (χ1) is 18.4. The van der Waals surface area contributed by atoms with Gasteiger partial charge in [0, 0.05) is 55.9 Å². The van der Waals surface area contributed by atoms with Crippen LogP contribution in [0.1, 0.15) is 15.9 Å². The molecule has 0 aliphatic carbocycles. The van der Waals surface area contributed by atoms with Gasteiger partial charge in [0.1, 0.15) is 16.5 Å². The van der Waals surface area contributed by atoms with E-state index in [1.807, 2.05) is 6.07 Å². The number of benzene rings is 3. The molecule has 10 heteroatoms. The molecule has 1 aromatic heterocycles. The maximum absolute atomic E-state index is 14.0. The molecule has 1 saturated heterocycles. The molecule has 1 amide bonds. The first-order valence-corrected chi connectivity index (χ1v) is 13.6. The molecular formula is C28H27FN4O4S. The Kier molecular flexibility index (Phi) is 7.26. The molecule has 2 heterocycles. The van der Waals surface area contributed by atoms with E-state index in [1.165, 1.54) is 25.3 Å². The Hall–Kier alpha value is -4.02.